The lowest BCUT2D eigenvalue weighted by Crippen LogP contribution is -2.61. The zero-order valence-corrected chi connectivity index (χ0v) is 31.7. The van der Waals surface area contributed by atoms with Gasteiger partial charge in [-0.2, -0.15) is 0 Å². The summed E-state index contributed by atoms with van der Waals surface area (Å²) >= 11 is 0. The fraction of sp³-hybridized carbons (Fsp3) is 0.462. The maximum absolute atomic E-state index is 13.9. The van der Waals surface area contributed by atoms with E-state index in [1.807, 2.05) is 56.4 Å². The number of amides is 6. The molecule has 6 N–H and O–H groups in total. The van der Waals surface area contributed by atoms with Crippen LogP contribution < -0.4 is 27.0 Å². The van der Waals surface area contributed by atoms with E-state index in [2.05, 4.69) is 34.3 Å². The van der Waals surface area contributed by atoms with Crippen LogP contribution >= 0.6 is 0 Å². The standard InChI is InChI=1S/C39H56N6O8/c1-8-9-10-11-12-13-14-15-16-17-18-19-20-21-22-33(47)45(7)34-29(6)53-39(52)30(23-24-32(40)46)43-36(49)28(5)41-35(48)27(4)42-37(50)31(25-26(2)3)44-38(34)51/h9-22,26-31,34H,8,23-25H2,1-7H3,(H2,40,46)(H,41,48)(H,42,50)(H,43,49)(H,44,51)/b10-9+,12-11+,14-13+,16-15+,18-17+,20-19+,22-21+/t27-,28-,29+,30-,31-,34-/m0/s1. The number of hydrogen-bond donors (Lipinski definition) is 5. The number of nitrogens with zero attached hydrogens (tertiary/aromatic N) is 1. The van der Waals surface area contributed by atoms with E-state index in [-0.39, 0.29) is 25.2 Å². The number of nitrogens with two attached hydrogens (primary N) is 1. The minimum atomic E-state index is -1.45. The van der Waals surface area contributed by atoms with Crippen molar-refractivity contribution in [3.63, 3.8) is 0 Å². The van der Waals surface area contributed by atoms with Gasteiger partial charge in [0.25, 0.3) is 0 Å². The van der Waals surface area contributed by atoms with Gasteiger partial charge in [-0.25, -0.2) is 4.79 Å². The zero-order valence-electron chi connectivity index (χ0n) is 31.7. The van der Waals surface area contributed by atoms with E-state index >= 15 is 0 Å². The number of allylic oxidation sites excluding steroid dienone is 13. The molecule has 0 spiro atoms. The van der Waals surface area contributed by atoms with Crippen molar-refractivity contribution in [1.82, 2.24) is 26.2 Å². The summed E-state index contributed by atoms with van der Waals surface area (Å²) in [6.07, 6.45) is 24.3. The van der Waals surface area contributed by atoms with Gasteiger partial charge in [0, 0.05) is 19.5 Å². The minimum absolute atomic E-state index is 0.0746. The van der Waals surface area contributed by atoms with E-state index in [1.54, 1.807) is 24.3 Å². The van der Waals surface area contributed by atoms with E-state index in [4.69, 9.17) is 10.5 Å². The second kappa shape index (κ2) is 24.6. The number of ether oxygens (including phenoxy) is 1. The maximum Gasteiger partial charge on any atom is 0.329 e. The number of carbonyl (C=O) groups is 7. The third-order valence-corrected chi connectivity index (χ3v) is 7.74. The Kier molecular flexibility index (Phi) is 21.1. The van der Waals surface area contributed by atoms with E-state index in [9.17, 15) is 33.6 Å². The molecule has 0 bridgehead atoms. The summed E-state index contributed by atoms with van der Waals surface area (Å²) in [6, 6.07) is -6.20. The molecule has 1 aliphatic rings. The van der Waals surface area contributed by atoms with Crippen LogP contribution in [-0.4, -0.2) is 89.7 Å². The summed E-state index contributed by atoms with van der Waals surface area (Å²) in [5.41, 5.74) is 5.29. The topological polar surface area (TPSA) is 206 Å². The molecule has 0 radical (unpaired) electrons. The number of hydrogen-bond acceptors (Lipinski definition) is 8. The Morgan fingerprint density at radius 1 is 0.717 bits per heavy atom. The van der Waals surface area contributed by atoms with Crippen molar-refractivity contribution in [3.05, 3.63) is 85.1 Å². The molecule has 53 heavy (non-hydrogen) atoms. The first-order valence-electron chi connectivity index (χ1n) is 17.7. The van der Waals surface area contributed by atoms with Crippen LogP contribution in [0.2, 0.25) is 0 Å². The molecule has 1 heterocycles. The largest absolute Gasteiger partial charge is 0.458 e. The van der Waals surface area contributed by atoms with Gasteiger partial charge in [0.15, 0.2) is 0 Å². The van der Waals surface area contributed by atoms with Gasteiger partial charge in [0.05, 0.1) is 0 Å². The van der Waals surface area contributed by atoms with Crippen molar-refractivity contribution >= 4 is 41.4 Å². The summed E-state index contributed by atoms with van der Waals surface area (Å²) in [7, 11) is 1.34. The van der Waals surface area contributed by atoms with E-state index in [1.165, 1.54) is 40.0 Å². The SMILES string of the molecule is CC/C=C/C=C/C=C/C=C/C=C/C=C/C=C/C(=O)N(C)[C@@H]1C(=O)N[C@@H](CC(C)C)C(=O)N[C@@H](C)C(=O)N[C@@H](C)C(=O)N[C@@H](CCC(N)=O)C(=O)O[C@@H]1C. The summed E-state index contributed by atoms with van der Waals surface area (Å²) in [5, 5.41) is 10.2. The fourth-order valence-corrected chi connectivity index (χ4v) is 4.86. The van der Waals surface area contributed by atoms with Gasteiger partial charge in [-0.1, -0.05) is 99.8 Å². The summed E-state index contributed by atoms with van der Waals surface area (Å²) in [5.74, 6) is -5.37. The van der Waals surface area contributed by atoms with Crippen LogP contribution in [0, 0.1) is 5.92 Å². The minimum Gasteiger partial charge on any atom is -0.458 e. The number of rotatable bonds is 14. The maximum atomic E-state index is 13.9. The Balaban J connectivity index is 3.36. The molecule has 0 aromatic rings. The van der Waals surface area contributed by atoms with Crippen molar-refractivity contribution in [3.8, 4) is 0 Å². The van der Waals surface area contributed by atoms with Gasteiger partial charge in [-0.3, -0.25) is 28.8 Å². The van der Waals surface area contributed by atoms with Crippen LogP contribution in [0.1, 0.15) is 67.2 Å². The molecule has 290 valence electrons. The van der Waals surface area contributed by atoms with Crippen molar-refractivity contribution in [2.24, 2.45) is 11.7 Å². The number of likely N-dealkylation sites (N-methyl/N-ethyl adjacent to an activating group) is 1. The van der Waals surface area contributed by atoms with Gasteiger partial charge >= 0.3 is 5.97 Å². The quantitative estimate of drug-likeness (QED) is 0.101. The van der Waals surface area contributed by atoms with Crippen LogP contribution in [-0.2, 0) is 38.3 Å². The molecular weight excluding hydrogens is 680 g/mol. The smallest absolute Gasteiger partial charge is 0.329 e. The average molecular weight is 737 g/mol. The predicted octanol–water partition coefficient (Wildman–Crippen LogP) is 2.35. The van der Waals surface area contributed by atoms with E-state index in [0.29, 0.717) is 0 Å². The average Bonchev–Trinajstić information content (AvgIpc) is 3.08. The Labute approximate surface area is 312 Å². The van der Waals surface area contributed by atoms with Crippen LogP contribution in [0.5, 0.6) is 0 Å². The number of carbonyl (C=O) groups excluding carboxylic acids is 7. The first-order chi connectivity index (χ1) is 25.1. The first-order valence-corrected chi connectivity index (χ1v) is 17.7. The van der Waals surface area contributed by atoms with E-state index < -0.39 is 77.7 Å². The van der Waals surface area contributed by atoms with Crippen LogP contribution in [0.4, 0.5) is 0 Å². The molecule has 0 unspecified atom stereocenters. The molecule has 1 fully saturated rings. The highest BCUT2D eigenvalue weighted by Gasteiger charge is 2.38. The highest BCUT2D eigenvalue weighted by Crippen LogP contribution is 2.14. The second-order valence-electron chi connectivity index (χ2n) is 12.9. The van der Waals surface area contributed by atoms with E-state index in [0.717, 1.165) is 11.3 Å². The third-order valence-electron chi connectivity index (χ3n) is 7.74. The Bertz CT molecular complexity index is 1490. The number of nitrogens with one attached hydrogen (secondary N) is 4. The number of primary amides is 1. The molecule has 0 aromatic carbocycles. The summed E-state index contributed by atoms with van der Waals surface area (Å²) in [4.78, 5) is 92.4. The van der Waals surface area contributed by atoms with Gasteiger partial charge in [-0.15, -0.1) is 0 Å². The molecule has 1 aliphatic heterocycles. The Morgan fingerprint density at radius 2 is 1.19 bits per heavy atom. The summed E-state index contributed by atoms with van der Waals surface area (Å²) in [6.45, 7) is 9.93. The predicted molar refractivity (Wildman–Crippen MR) is 203 cm³/mol. The van der Waals surface area contributed by atoms with Gasteiger partial charge in [0.2, 0.25) is 35.4 Å². The van der Waals surface area contributed by atoms with Gasteiger partial charge in [-0.05, 0) is 46.0 Å². The molecule has 6 amide bonds. The lowest BCUT2D eigenvalue weighted by molar-refractivity contribution is -0.160. The second-order valence-corrected chi connectivity index (χ2v) is 12.9. The fourth-order valence-electron chi connectivity index (χ4n) is 4.86. The number of esters is 1. The van der Waals surface area contributed by atoms with Crippen LogP contribution in [0.15, 0.2) is 85.1 Å². The van der Waals surface area contributed by atoms with Gasteiger partial charge in [0.1, 0.15) is 36.3 Å². The van der Waals surface area contributed by atoms with Crippen molar-refractivity contribution < 1.29 is 38.3 Å². The molecule has 0 aliphatic carbocycles. The third kappa shape index (κ3) is 18.0. The van der Waals surface area contributed by atoms with Crippen molar-refractivity contribution in [1.29, 1.82) is 0 Å². The van der Waals surface area contributed by atoms with Crippen LogP contribution in [0.3, 0.4) is 0 Å². The Hall–Kier alpha value is -5.53. The molecular formula is C39H56N6O8. The summed E-state index contributed by atoms with van der Waals surface area (Å²) < 4.78 is 5.63. The molecule has 14 heteroatoms. The lowest BCUT2D eigenvalue weighted by Gasteiger charge is -2.33. The zero-order chi connectivity index (χ0) is 39.9. The highest BCUT2D eigenvalue weighted by molar-refractivity contribution is 5.97. The van der Waals surface area contributed by atoms with Crippen molar-refractivity contribution in [2.75, 3.05) is 7.05 Å². The molecule has 0 saturated carbocycles. The monoisotopic (exact) mass is 736 g/mol. The molecule has 1 saturated heterocycles. The first kappa shape index (κ1) is 45.5. The molecule has 14 nitrogen and oxygen atoms in total. The lowest BCUT2D eigenvalue weighted by atomic mass is 10.0. The van der Waals surface area contributed by atoms with Gasteiger partial charge < -0.3 is 36.6 Å². The molecule has 1 rings (SSSR count). The normalized spacial score (nSPS) is 24.5. The van der Waals surface area contributed by atoms with Crippen molar-refractivity contribution in [2.45, 2.75) is 104 Å². The number of cyclic esters (lactones) is 1. The molecule has 6 atom stereocenters. The Morgan fingerprint density at radius 3 is 1.70 bits per heavy atom. The molecule has 0 aromatic heterocycles. The highest BCUT2D eigenvalue weighted by atomic mass is 16.5. The van der Waals surface area contributed by atoms with Crippen LogP contribution in [0.25, 0.3) is 0 Å².